The second-order valence-electron chi connectivity index (χ2n) is 6.19. The molecule has 0 saturated carbocycles. The Balaban J connectivity index is 1.57. The molecule has 1 atom stereocenters. The van der Waals surface area contributed by atoms with Crippen LogP contribution in [0.3, 0.4) is 0 Å². The number of methoxy groups -OCH3 is 3. The normalized spacial score (nSPS) is 15.1. The molecule has 1 aliphatic heterocycles. The molecule has 2 amide bonds. The number of ether oxygens (including phenoxy) is 4. The Morgan fingerprint density at radius 2 is 1.81 bits per heavy atom. The summed E-state index contributed by atoms with van der Waals surface area (Å²) in [5.41, 5.74) is 1.85. The van der Waals surface area contributed by atoms with E-state index in [1.54, 1.807) is 21.3 Å². The topological polar surface area (TPSA) is 78.1 Å². The predicted octanol–water partition coefficient (Wildman–Crippen LogP) is 2.52. The van der Waals surface area contributed by atoms with E-state index in [9.17, 15) is 4.79 Å². The summed E-state index contributed by atoms with van der Waals surface area (Å²) >= 11 is 0. The van der Waals surface area contributed by atoms with Gasteiger partial charge >= 0.3 is 6.03 Å². The molecular formula is C20H24N2O5. The van der Waals surface area contributed by atoms with Crippen LogP contribution in [0.5, 0.6) is 23.0 Å². The van der Waals surface area contributed by atoms with Crippen molar-refractivity contribution in [3.05, 3.63) is 47.5 Å². The van der Waals surface area contributed by atoms with Crippen LogP contribution in [0.25, 0.3) is 0 Å². The molecule has 3 rings (SSSR count). The smallest absolute Gasteiger partial charge is 0.315 e. The molecule has 1 aliphatic rings. The van der Waals surface area contributed by atoms with Crippen molar-refractivity contribution in [2.75, 3.05) is 27.9 Å². The van der Waals surface area contributed by atoms with Gasteiger partial charge in [-0.25, -0.2) is 4.79 Å². The summed E-state index contributed by atoms with van der Waals surface area (Å²) in [5, 5.41) is 5.80. The van der Waals surface area contributed by atoms with E-state index in [4.69, 9.17) is 18.9 Å². The van der Waals surface area contributed by atoms with E-state index < -0.39 is 0 Å². The fourth-order valence-electron chi connectivity index (χ4n) is 3.02. The SMILES string of the molecule is COc1ccc(OC)c(CNC(=O)N[C@@H]2COc3ccc(OC)cc3C2)c1. The summed E-state index contributed by atoms with van der Waals surface area (Å²) in [5.74, 6) is 3.00. The first-order valence-electron chi connectivity index (χ1n) is 8.68. The van der Waals surface area contributed by atoms with E-state index in [0.29, 0.717) is 31.1 Å². The van der Waals surface area contributed by atoms with Crippen LogP contribution in [0.2, 0.25) is 0 Å². The van der Waals surface area contributed by atoms with E-state index in [1.165, 1.54) is 0 Å². The second-order valence-corrected chi connectivity index (χ2v) is 6.19. The van der Waals surface area contributed by atoms with Gasteiger partial charge < -0.3 is 29.6 Å². The number of hydrogen-bond acceptors (Lipinski definition) is 5. The fraction of sp³-hybridized carbons (Fsp3) is 0.350. The molecule has 27 heavy (non-hydrogen) atoms. The maximum atomic E-state index is 12.3. The monoisotopic (exact) mass is 372 g/mol. The second kappa shape index (κ2) is 8.53. The number of hydrogen-bond donors (Lipinski definition) is 2. The van der Waals surface area contributed by atoms with Crippen molar-refractivity contribution in [2.45, 2.75) is 19.0 Å². The van der Waals surface area contributed by atoms with Crippen molar-refractivity contribution in [1.82, 2.24) is 10.6 Å². The number of nitrogens with one attached hydrogen (secondary N) is 2. The fourth-order valence-corrected chi connectivity index (χ4v) is 3.02. The van der Waals surface area contributed by atoms with Crippen LogP contribution in [-0.4, -0.2) is 40.0 Å². The highest BCUT2D eigenvalue weighted by atomic mass is 16.5. The van der Waals surface area contributed by atoms with Gasteiger partial charge in [0.05, 0.1) is 27.4 Å². The van der Waals surface area contributed by atoms with Crippen LogP contribution in [-0.2, 0) is 13.0 Å². The average Bonchev–Trinajstić information content (AvgIpc) is 2.71. The molecule has 2 aromatic carbocycles. The number of carbonyl (C=O) groups is 1. The Kier molecular flexibility index (Phi) is 5.90. The van der Waals surface area contributed by atoms with Crippen LogP contribution in [0.15, 0.2) is 36.4 Å². The van der Waals surface area contributed by atoms with Crippen LogP contribution in [0.1, 0.15) is 11.1 Å². The number of carbonyl (C=O) groups excluding carboxylic acids is 1. The standard InChI is InChI=1S/C20H24N2O5/c1-24-16-5-7-19-13(9-16)8-15(12-27-19)22-20(23)21-11-14-10-17(25-2)4-6-18(14)26-3/h4-7,9-10,15H,8,11-12H2,1-3H3,(H2,21,22,23)/t15-/m0/s1. The van der Waals surface area contributed by atoms with Gasteiger partial charge in [0.25, 0.3) is 0 Å². The van der Waals surface area contributed by atoms with Gasteiger partial charge in [0.1, 0.15) is 29.6 Å². The molecule has 2 aromatic rings. The maximum Gasteiger partial charge on any atom is 0.315 e. The van der Waals surface area contributed by atoms with E-state index >= 15 is 0 Å². The molecule has 2 N–H and O–H groups in total. The quantitative estimate of drug-likeness (QED) is 0.815. The van der Waals surface area contributed by atoms with E-state index in [2.05, 4.69) is 10.6 Å². The molecule has 0 fully saturated rings. The van der Waals surface area contributed by atoms with Gasteiger partial charge in [0.15, 0.2) is 0 Å². The summed E-state index contributed by atoms with van der Waals surface area (Å²) in [7, 11) is 4.82. The average molecular weight is 372 g/mol. The van der Waals surface area contributed by atoms with Crippen molar-refractivity contribution in [3.8, 4) is 23.0 Å². The molecule has 7 heteroatoms. The Morgan fingerprint density at radius 3 is 2.56 bits per heavy atom. The molecule has 0 saturated heterocycles. The number of rotatable bonds is 6. The van der Waals surface area contributed by atoms with Crippen LogP contribution in [0, 0.1) is 0 Å². The summed E-state index contributed by atoms with van der Waals surface area (Å²) in [4.78, 5) is 12.3. The summed E-state index contributed by atoms with van der Waals surface area (Å²) in [6.07, 6.45) is 0.683. The zero-order valence-electron chi connectivity index (χ0n) is 15.7. The lowest BCUT2D eigenvalue weighted by Gasteiger charge is -2.26. The number of fused-ring (bicyclic) bond motifs is 1. The number of urea groups is 1. The molecule has 0 spiro atoms. The van der Waals surface area contributed by atoms with Gasteiger partial charge in [-0.15, -0.1) is 0 Å². The minimum Gasteiger partial charge on any atom is -0.497 e. The van der Waals surface area contributed by atoms with Gasteiger partial charge in [-0.1, -0.05) is 0 Å². The summed E-state index contributed by atoms with van der Waals surface area (Å²) in [6, 6.07) is 10.8. The van der Waals surface area contributed by atoms with Crippen molar-refractivity contribution in [1.29, 1.82) is 0 Å². The third-order valence-corrected chi connectivity index (χ3v) is 4.44. The minimum atomic E-state index is -0.264. The zero-order chi connectivity index (χ0) is 19.2. The summed E-state index contributed by atoms with van der Waals surface area (Å²) in [6.45, 7) is 0.749. The van der Waals surface area contributed by atoms with Crippen LogP contribution < -0.4 is 29.6 Å². The molecule has 0 radical (unpaired) electrons. The minimum absolute atomic E-state index is 0.114. The molecule has 1 heterocycles. The van der Waals surface area contributed by atoms with Gasteiger partial charge in [-0.2, -0.15) is 0 Å². The molecule has 0 unspecified atom stereocenters. The third-order valence-electron chi connectivity index (χ3n) is 4.44. The Bertz CT molecular complexity index is 809. The highest BCUT2D eigenvalue weighted by Crippen LogP contribution is 2.28. The lowest BCUT2D eigenvalue weighted by molar-refractivity contribution is 0.214. The first-order chi connectivity index (χ1) is 13.1. The Morgan fingerprint density at radius 1 is 1.07 bits per heavy atom. The van der Waals surface area contributed by atoms with Crippen LogP contribution in [0.4, 0.5) is 4.79 Å². The molecule has 144 valence electrons. The highest BCUT2D eigenvalue weighted by molar-refractivity contribution is 5.74. The highest BCUT2D eigenvalue weighted by Gasteiger charge is 2.22. The molecule has 7 nitrogen and oxygen atoms in total. The van der Waals surface area contributed by atoms with E-state index in [1.807, 2.05) is 36.4 Å². The first-order valence-corrected chi connectivity index (χ1v) is 8.68. The lowest BCUT2D eigenvalue weighted by atomic mass is 10.0. The van der Waals surface area contributed by atoms with E-state index in [-0.39, 0.29) is 12.1 Å². The van der Waals surface area contributed by atoms with Crippen molar-refractivity contribution < 1.29 is 23.7 Å². The largest absolute Gasteiger partial charge is 0.497 e. The van der Waals surface area contributed by atoms with E-state index in [0.717, 1.165) is 22.6 Å². The Labute approximate surface area is 158 Å². The molecule has 0 aromatic heterocycles. The number of benzene rings is 2. The van der Waals surface area contributed by atoms with Crippen LogP contribution >= 0.6 is 0 Å². The van der Waals surface area contributed by atoms with Crippen molar-refractivity contribution in [2.24, 2.45) is 0 Å². The van der Waals surface area contributed by atoms with Gasteiger partial charge in [0, 0.05) is 12.1 Å². The van der Waals surface area contributed by atoms with Gasteiger partial charge in [0.2, 0.25) is 0 Å². The molecular weight excluding hydrogens is 348 g/mol. The lowest BCUT2D eigenvalue weighted by Crippen LogP contribution is -2.47. The maximum absolute atomic E-state index is 12.3. The van der Waals surface area contributed by atoms with Gasteiger partial charge in [-0.05, 0) is 48.4 Å². The van der Waals surface area contributed by atoms with Crippen molar-refractivity contribution in [3.63, 3.8) is 0 Å². The van der Waals surface area contributed by atoms with Gasteiger partial charge in [-0.3, -0.25) is 0 Å². The zero-order valence-corrected chi connectivity index (χ0v) is 15.7. The molecule has 0 bridgehead atoms. The van der Waals surface area contributed by atoms with Crippen molar-refractivity contribution >= 4 is 6.03 Å². The number of amides is 2. The first kappa shape index (κ1) is 18.7. The summed E-state index contributed by atoms with van der Waals surface area (Å²) < 4.78 is 21.5. The molecule has 0 aliphatic carbocycles. The Hall–Kier alpha value is -3.09. The third kappa shape index (κ3) is 4.55. The predicted molar refractivity (Wildman–Crippen MR) is 101 cm³/mol.